The van der Waals surface area contributed by atoms with Crippen LogP contribution in [0.2, 0.25) is 0 Å². The summed E-state index contributed by atoms with van der Waals surface area (Å²) < 4.78 is 5.49. The van der Waals surface area contributed by atoms with Crippen molar-refractivity contribution in [1.29, 1.82) is 0 Å². The summed E-state index contributed by atoms with van der Waals surface area (Å²) in [6.45, 7) is 8.02. The second-order valence-electron chi connectivity index (χ2n) is 6.69. The highest BCUT2D eigenvalue weighted by molar-refractivity contribution is 5.76. The fourth-order valence-electron chi connectivity index (χ4n) is 3.50. The van der Waals surface area contributed by atoms with Crippen molar-refractivity contribution in [3.8, 4) is 0 Å². The Balaban J connectivity index is 1.91. The fourth-order valence-corrected chi connectivity index (χ4v) is 3.50. The number of nitrogens with one attached hydrogen (secondary N) is 1. The third-order valence-electron chi connectivity index (χ3n) is 5.12. The molecular weight excluding hydrogens is 252 g/mol. The summed E-state index contributed by atoms with van der Waals surface area (Å²) in [4.78, 5) is 14.4. The minimum Gasteiger partial charge on any atom is -0.381 e. The van der Waals surface area contributed by atoms with E-state index >= 15 is 0 Å². The molecule has 0 aromatic heterocycles. The molecule has 1 N–H and O–H groups in total. The Labute approximate surface area is 123 Å². The lowest BCUT2D eigenvalue weighted by Gasteiger charge is -2.29. The Bertz CT molecular complexity index is 314. The molecule has 4 nitrogen and oxygen atoms in total. The van der Waals surface area contributed by atoms with Gasteiger partial charge in [0.25, 0.3) is 0 Å². The summed E-state index contributed by atoms with van der Waals surface area (Å²) in [6.07, 6.45) is 4.05. The lowest BCUT2D eigenvalue weighted by atomic mass is 9.89. The molecule has 2 rings (SSSR count). The SMILES string of the molecule is CNC(CN1CCC(C(C)C)CCC1=O)C1CCOC1. The Kier molecular flexibility index (Phi) is 5.85. The monoisotopic (exact) mass is 282 g/mol. The van der Waals surface area contributed by atoms with Gasteiger partial charge in [0.2, 0.25) is 5.91 Å². The molecule has 0 aliphatic carbocycles. The van der Waals surface area contributed by atoms with Gasteiger partial charge in [0.1, 0.15) is 0 Å². The minimum atomic E-state index is 0.340. The molecule has 116 valence electrons. The van der Waals surface area contributed by atoms with Crippen LogP contribution in [-0.2, 0) is 9.53 Å². The number of hydrogen-bond acceptors (Lipinski definition) is 3. The number of amides is 1. The van der Waals surface area contributed by atoms with Crippen LogP contribution in [0.3, 0.4) is 0 Å². The maximum Gasteiger partial charge on any atom is 0.222 e. The van der Waals surface area contributed by atoms with E-state index in [1.54, 1.807) is 0 Å². The normalized spacial score (nSPS) is 29.8. The third-order valence-corrected chi connectivity index (χ3v) is 5.12. The molecule has 2 aliphatic rings. The average molecular weight is 282 g/mol. The maximum absolute atomic E-state index is 12.3. The second-order valence-corrected chi connectivity index (χ2v) is 6.69. The van der Waals surface area contributed by atoms with Crippen molar-refractivity contribution in [2.45, 2.75) is 45.6 Å². The lowest BCUT2D eigenvalue weighted by Crippen LogP contribution is -2.46. The first-order valence-electron chi connectivity index (χ1n) is 8.14. The smallest absolute Gasteiger partial charge is 0.222 e. The van der Waals surface area contributed by atoms with Crippen molar-refractivity contribution in [3.05, 3.63) is 0 Å². The van der Waals surface area contributed by atoms with E-state index in [0.29, 0.717) is 29.7 Å². The molecule has 2 saturated heterocycles. The first kappa shape index (κ1) is 15.8. The molecule has 2 aliphatic heterocycles. The molecule has 0 aromatic carbocycles. The van der Waals surface area contributed by atoms with Gasteiger partial charge in [0.15, 0.2) is 0 Å². The number of likely N-dealkylation sites (tertiary alicyclic amines) is 1. The van der Waals surface area contributed by atoms with Crippen molar-refractivity contribution in [2.24, 2.45) is 17.8 Å². The van der Waals surface area contributed by atoms with Gasteiger partial charge in [0, 0.05) is 38.1 Å². The summed E-state index contributed by atoms with van der Waals surface area (Å²) in [6, 6.07) is 0.372. The van der Waals surface area contributed by atoms with E-state index in [2.05, 4.69) is 24.1 Å². The molecular formula is C16H30N2O2. The summed E-state index contributed by atoms with van der Waals surface area (Å²) in [7, 11) is 2.00. The highest BCUT2D eigenvalue weighted by Crippen LogP contribution is 2.26. The number of rotatable bonds is 5. The van der Waals surface area contributed by atoms with Crippen molar-refractivity contribution < 1.29 is 9.53 Å². The van der Waals surface area contributed by atoms with Gasteiger partial charge >= 0.3 is 0 Å². The number of carbonyl (C=O) groups is 1. The van der Waals surface area contributed by atoms with Crippen molar-refractivity contribution in [2.75, 3.05) is 33.4 Å². The molecule has 20 heavy (non-hydrogen) atoms. The van der Waals surface area contributed by atoms with E-state index in [0.717, 1.165) is 52.0 Å². The first-order valence-corrected chi connectivity index (χ1v) is 8.14. The van der Waals surface area contributed by atoms with Gasteiger partial charge in [-0.3, -0.25) is 4.79 Å². The van der Waals surface area contributed by atoms with Crippen LogP contribution in [0.5, 0.6) is 0 Å². The zero-order chi connectivity index (χ0) is 14.5. The largest absolute Gasteiger partial charge is 0.381 e. The van der Waals surface area contributed by atoms with Crippen LogP contribution >= 0.6 is 0 Å². The molecule has 4 heteroatoms. The molecule has 3 unspecified atom stereocenters. The zero-order valence-electron chi connectivity index (χ0n) is 13.2. The van der Waals surface area contributed by atoms with Crippen LogP contribution < -0.4 is 5.32 Å². The summed E-state index contributed by atoms with van der Waals surface area (Å²) >= 11 is 0. The fraction of sp³-hybridized carbons (Fsp3) is 0.938. The standard InChI is InChI=1S/C16H30N2O2/c1-12(2)13-4-5-16(19)18(8-6-13)10-15(17-3)14-7-9-20-11-14/h12-15,17H,4-11H2,1-3H3. The van der Waals surface area contributed by atoms with E-state index < -0.39 is 0 Å². The van der Waals surface area contributed by atoms with Gasteiger partial charge in [-0.25, -0.2) is 0 Å². The van der Waals surface area contributed by atoms with Gasteiger partial charge in [-0.1, -0.05) is 13.8 Å². The lowest BCUT2D eigenvalue weighted by molar-refractivity contribution is -0.131. The Morgan fingerprint density at radius 2 is 2.10 bits per heavy atom. The summed E-state index contributed by atoms with van der Waals surface area (Å²) in [5.41, 5.74) is 0. The van der Waals surface area contributed by atoms with Crippen LogP contribution in [0.4, 0.5) is 0 Å². The highest BCUT2D eigenvalue weighted by Gasteiger charge is 2.30. The molecule has 2 fully saturated rings. The number of likely N-dealkylation sites (N-methyl/N-ethyl adjacent to an activating group) is 1. The Hall–Kier alpha value is -0.610. The van der Waals surface area contributed by atoms with Crippen molar-refractivity contribution in [1.82, 2.24) is 10.2 Å². The van der Waals surface area contributed by atoms with Gasteiger partial charge in [-0.2, -0.15) is 0 Å². The molecule has 0 bridgehead atoms. The molecule has 3 atom stereocenters. The predicted octanol–water partition coefficient (Wildman–Crippen LogP) is 1.90. The Morgan fingerprint density at radius 3 is 2.70 bits per heavy atom. The average Bonchev–Trinajstić information content (AvgIpc) is 2.88. The molecule has 0 radical (unpaired) electrons. The van der Waals surface area contributed by atoms with Crippen molar-refractivity contribution >= 4 is 5.91 Å². The number of hydrogen-bond donors (Lipinski definition) is 1. The van der Waals surface area contributed by atoms with E-state index in [-0.39, 0.29) is 0 Å². The van der Waals surface area contributed by atoms with E-state index in [4.69, 9.17) is 4.74 Å². The second kappa shape index (κ2) is 7.41. The number of nitrogens with zero attached hydrogens (tertiary/aromatic N) is 1. The molecule has 2 heterocycles. The van der Waals surface area contributed by atoms with Crippen LogP contribution in [0.25, 0.3) is 0 Å². The molecule has 0 saturated carbocycles. The van der Waals surface area contributed by atoms with Crippen LogP contribution in [0.1, 0.15) is 39.5 Å². The van der Waals surface area contributed by atoms with E-state index in [1.807, 2.05) is 7.05 Å². The molecule has 0 spiro atoms. The topological polar surface area (TPSA) is 41.6 Å². The Morgan fingerprint density at radius 1 is 1.30 bits per heavy atom. The summed E-state index contributed by atoms with van der Waals surface area (Å²) in [5.74, 6) is 2.28. The zero-order valence-corrected chi connectivity index (χ0v) is 13.2. The van der Waals surface area contributed by atoms with E-state index in [9.17, 15) is 4.79 Å². The van der Waals surface area contributed by atoms with Crippen LogP contribution in [0.15, 0.2) is 0 Å². The minimum absolute atomic E-state index is 0.340. The van der Waals surface area contributed by atoms with Crippen molar-refractivity contribution in [3.63, 3.8) is 0 Å². The third kappa shape index (κ3) is 3.95. The quantitative estimate of drug-likeness (QED) is 0.837. The van der Waals surface area contributed by atoms with Crippen LogP contribution in [-0.4, -0.2) is 50.2 Å². The van der Waals surface area contributed by atoms with E-state index in [1.165, 1.54) is 0 Å². The predicted molar refractivity (Wildman–Crippen MR) is 80.5 cm³/mol. The summed E-state index contributed by atoms with van der Waals surface area (Å²) in [5, 5.41) is 3.39. The van der Waals surface area contributed by atoms with Crippen LogP contribution in [0, 0.1) is 17.8 Å². The molecule has 0 aromatic rings. The van der Waals surface area contributed by atoms with Gasteiger partial charge in [-0.15, -0.1) is 0 Å². The number of ether oxygens (including phenoxy) is 1. The molecule has 1 amide bonds. The van der Waals surface area contributed by atoms with Gasteiger partial charge < -0.3 is 15.0 Å². The van der Waals surface area contributed by atoms with Gasteiger partial charge in [-0.05, 0) is 38.1 Å². The number of carbonyl (C=O) groups excluding carboxylic acids is 1. The maximum atomic E-state index is 12.3. The first-order chi connectivity index (χ1) is 9.61. The van der Waals surface area contributed by atoms with Gasteiger partial charge in [0.05, 0.1) is 6.61 Å². The highest BCUT2D eigenvalue weighted by atomic mass is 16.5.